The van der Waals surface area contributed by atoms with Crippen LogP contribution in [0.3, 0.4) is 0 Å². The third kappa shape index (κ3) is 3.21. The van der Waals surface area contributed by atoms with Crippen molar-refractivity contribution in [2.75, 3.05) is 0 Å². The summed E-state index contributed by atoms with van der Waals surface area (Å²) in [5.41, 5.74) is 1.78. The SMILES string of the molecule is c1ccc(-c2nnc(CSc3nnc(-c4ccccc4)o3)o2)cc1. The summed E-state index contributed by atoms with van der Waals surface area (Å²) < 4.78 is 11.3. The Morgan fingerprint density at radius 3 is 1.92 bits per heavy atom. The first-order valence-electron chi connectivity index (χ1n) is 7.28. The second kappa shape index (κ2) is 6.67. The van der Waals surface area contributed by atoms with Crippen LogP contribution in [0.4, 0.5) is 0 Å². The fraction of sp³-hybridized carbons (Fsp3) is 0.0588. The predicted molar refractivity (Wildman–Crippen MR) is 89.0 cm³/mol. The number of hydrogen-bond donors (Lipinski definition) is 0. The van der Waals surface area contributed by atoms with Crippen LogP contribution in [0.15, 0.2) is 74.7 Å². The highest BCUT2D eigenvalue weighted by atomic mass is 32.2. The van der Waals surface area contributed by atoms with Crippen molar-refractivity contribution >= 4 is 11.8 Å². The van der Waals surface area contributed by atoms with E-state index >= 15 is 0 Å². The van der Waals surface area contributed by atoms with Gasteiger partial charge < -0.3 is 8.83 Å². The molecule has 24 heavy (non-hydrogen) atoms. The molecule has 0 fully saturated rings. The number of benzene rings is 2. The first kappa shape index (κ1) is 14.6. The molecule has 7 heteroatoms. The Bertz CT molecular complexity index is 844. The molecule has 0 aliphatic rings. The zero-order valence-electron chi connectivity index (χ0n) is 12.5. The van der Waals surface area contributed by atoms with Crippen molar-refractivity contribution in [2.45, 2.75) is 11.0 Å². The van der Waals surface area contributed by atoms with E-state index < -0.39 is 0 Å². The highest BCUT2D eigenvalue weighted by molar-refractivity contribution is 7.98. The van der Waals surface area contributed by atoms with Crippen molar-refractivity contribution in [1.82, 2.24) is 20.4 Å². The van der Waals surface area contributed by atoms with Crippen LogP contribution in [-0.2, 0) is 5.75 Å². The Morgan fingerprint density at radius 2 is 1.25 bits per heavy atom. The topological polar surface area (TPSA) is 77.8 Å². The molecule has 0 saturated carbocycles. The number of nitrogens with zero attached hydrogens (tertiary/aromatic N) is 4. The van der Waals surface area contributed by atoms with Gasteiger partial charge in [0.05, 0.1) is 5.75 Å². The van der Waals surface area contributed by atoms with Crippen molar-refractivity contribution in [3.8, 4) is 22.9 Å². The maximum absolute atomic E-state index is 5.65. The molecule has 2 aromatic carbocycles. The van der Waals surface area contributed by atoms with Gasteiger partial charge in [0.15, 0.2) is 0 Å². The summed E-state index contributed by atoms with van der Waals surface area (Å²) in [7, 11) is 0. The number of aromatic nitrogens is 4. The highest BCUT2D eigenvalue weighted by Gasteiger charge is 2.12. The van der Waals surface area contributed by atoms with Crippen LogP contribution in [0.25, 0.3) is 22.9 Å². The second-order valence-corrected chi connectivity index (χ2v) is 5.82. The number of hydrogen-bond acceptors (Lipinski definition) is 7. The monoisotopic (exact) mass is 336 g/mol. The average molecular weight is 336 g/mol. The largest absolute Gasteiger partial charge is 0.420 e. The summed E-state index contributed by atoms with van der Waals surface area (Å²) in [6.45, 7) is 0. The van der Waals surface area contributed by atoms with E-state index in [4.69, 9.17) is 8.83 Å². The molecule has 4 rings (SSSR count). The first-order valence-corrected chi connectivity index (χ1v) is 8.26. The summed E-state index contributed by atoms with van der Waals surface area (Å²) in [5.74, 6) is 1.98. The molecule has 0 aliphatic carbocycles. The third-order valence-corrected chi connectivity index (χ3v) is 4.04. The predicted octanol–water partition coefficient (Wildman–Crippen LogP) is 4.08. The first-order chi connectivity index (χ1) is 11.9. The minimum absolute atomic E-state index is 0.466. The van der Waals surface area contributed by atoms with E-state index in [-0.39, 0.29) is 0 Å². The van der Waals surface area contributed by atoms with E-state index in [0.29, 0.717) is 28.6 Å². The smallest absolute Gasteiger partial charge is 0.277 e. The quantitative estimate of drug-likeness (QED) is 0.508. The van der Waals surface area contributed by atoms with Crippen LogP contribution in [-0.4, -0.2) is 20.4 Å². The fourth-order valence-electron chi connectivity index (χ4n) is 2.10. The van der Waals surface area contributed by atoms with Crippen LogP contribution in [0, 0.1) is 0 Å². The molecule has 6 nitrogen and oxygen atoms in total. The van der Waals surface area contributed by atoms with E-state index in [2.05, 4.69) is 20.4 Å². The van der Waals surface area contributed by atoms with Crippen molar-refractivity contribution in [3.05, 3.63) is 66.6 Å². The Balaban J connectivity index is 1.43. The fourth-order valence-corrected chi connectivity index (χ4v) is 2.70. The molecule has 0 bridgehead atoms. The van der Waals surface area contributed by atoms with Gasteiger partial charge in [-0.2, -0.15) is 0 Å². The minimum atomic E-state index is 0.466. The molecule has 2 aromatic heterocycles. The zero-order chi connectivity index (χ0) is 16.2. The Hall–Kier alpha value is -2.93. The van der Waals surface area contributed by atoms with E-state index in [9.17, 15) is 0 Å². The normalized spacial score (nSPS) is 10.8. The van der Waals surface area contributed by atoms with E-state index in [1.54, 1.807) is 0 Å². The van der Waals surface area contributed by atoms with Gasteiger partial charge in [-0.1, -0.05) is 48.2 Å². The molecular weight excluding hydrogens is 324 g/mol. The summed E-state index contributed by atoms with van der Waals surface area (Å²) in [5, 5.41) is 16.6. The van der Waals surface area contributed by atoms with Crippen LogP contribution in [0.5, 0.6) is 0 Å². The Morgan fingerprint density at radius 1 is 0.667 bits per heavy atom. The van der Waals surface area contributed by atoms with Gasteiger partial charge in [-0.05, 0) is 24.3 Å². The molecule has 0 aliphatic heterocycles. The molecule has 0 radical (unpaired) electrons. The van der Waals surface area contributed by atoms with Gasteiger partial charge in [-0.25, -0.2) is 0 Å². The zero-order valence-corrected chi connectivity index (χ0v) is 13.3. The second-order valence-electron chi connectivity index (χ2n) is 4.89. The van der Waals surface area contributed by atoms with Gasteiger partial charge in [0, 0.05) is 11.1 Å². The average Bonchev–Trinajstić information content (AvgIpc) is 3.31. The summed E-state index contributed by atoms with van der Waals surface area (Å²) in [6.07, 6.45) is 0. The van der Waals surface area contributed by atoms with Crippen molar-refractivity contribution < 1.29 is 8.83 Å². The number of thioether (sulfide) groups is 1. The summed E-state index contributed by atoms with van der Waals surface area (Å²) in [6, 6.07) is 19.3. The van der Waals surface area contributed by atoms with Crippen LogP contribution in [0.2, 0.25) is 0 Å². The van der Waals surface area contributed by atoms with E-state index in [1.807, 2.05) is 60.7 Å². The van der Waals surface area contributed by atoms with Gasteiger partial charge in [0.2, 0.25) is 17.7 Å². The van der Waals surface area contributed by atoms with Crippen molar-refractivity contribution in [1.29, 1.82) is 0 Å². The lowest BCUT2D eigenvalue weighted by atomic mass is 10.2. The lowest BCUT2D eigenvalue weighted by Crippen LogP contribution is -1.80. The molecule has 0 amide bonds. The van der Waals surface area contributed by atoms with E-state index in [1.165, 1.54) is 11.8 Å². The minimum Gasteiger partial charge on any atom is -0.420 e. The van der Waals surface area contributed by atoms with Crippen LogP contribution >= 0.6 is 11.8 Å². The maximum Gasteiger partial charge on any atom is 0.277 e. The molecule has 0 atom stereocenters. The summed E-state index contributed by atoms with van der Waals surface area (Å²) >= 11 is 1.36. The number of rotatable bonds is 5. The molecular formula is C17H12N4O2S. The molecule has 0 N–H and O–H groups in total. The van der Waals surface area contributed by atoms with E-state index in [0.717, 1.165) is 11.1 Å². The third-order valence-electron chi connectivity index (χ3n) is 3.23. The Kier molecular flexibility index (Phi) is 4.07. The lowest BCUT2D eigenvalue weighted by molar-refractivity contribution is 0.464. The van der Waals surface area contributed by atoms with Gasteiger partial charge in [0.25, 0.3) is 5.22 Å². The summed E-state index contributed by atoms with van der Waals surface area (Å²) in [4.78, 5) is 0. The van der Waals surface area contributed by atoms with Crippen LogP contribution in [0.1, 0.15) is 5.89 Å². The standard InChI is InChI=1S/C17H12N4O2S/c1-3-7-12(8-4-1)15-19-18-14(22-15)11-24-17-21-20-16(23-17)13-9-5-2-6-10-13/h1-10H,11H2. The van der Waals surface area contributed by atoms with Crippen molar-refractivity contribution in [3.63, 3.8) is 0 Å². The molecule has 2 heterocycles. The molecule has 118 valence electrons. The van der Waals surface area contributed by atoms with Gasteiger partial charge >= 0.3 is 0 Å². The molecule has 0 unspecified atom stereocenters. The molecule has 0 saturated heterocycles. The Labute approximate surface area is 141 Å². The maximum atomic E-state index is 5.65. The molecule has 0 spiro atoms. The highest BCUT2D eigenvalue weighted by Crippen LogP contribution is 2.26. The molecule has 4 aromatic rings. The lowest BCUT2D eigenvalue weighted by Gasteiger charge is -1.93. The van der Waals surface area contributed by atoms with Gasteiger partial charge in [0.1, 0.15) is 0 Å². The van der Waals surface area contributed by atoms with Gasteiger partial charge in [-0.3, -0.25) is 0 Å². The van der Waals surface area contributed by atoms with Crippen LogP contribution < -0.4 is 0 Å². The van der Waals surface area contributed by atoms with Gasteiger partial charge in [-0.15, -0.1) is 20.4 Å². The van der Waals surface area contributed by atoms with Crippen molar-refractivity contribution in [2.24, 2.45) is 0 Å².